The van der Waals surface area contributed by atoms with Gasteiger partial charge in [0, 0.05) is 25.2 Å². The Hall–Kier alpha value is -2.17. The fourth-order valence-electron chi connectivity index (χ4n) is 2.97. The summed E-state index contributed by atoms with van der Waals surface area (Å²) >= 11 is 1.14. The van der Waals surface area contributed by atoms with E-state index in [0.717, 1.165) is 23.5 Å². The first-order chi connectivity index (χ1) is 13.6. The van der Waals surface area contributed by atoms with Crippen molar-refractivity contribution in [3.63, 3.8) is 0 Å². The van der Waals surface area contributed by atoms with Crippen molar-refractivity contribution >= 4 is 33.3 Å². The van der Waals surface area contributed by atoms with Crippen LogP contribution in [0.2, 0.25) is 0 Å². The number of thiophene rings is 1. The van der Waals surface area contributed by atoms with Gasteiger partial charge in [0.1, 0.15) is 4.21 Å². The summed E-state index contributed by atoms with van der Waals surface area (Å²) in [6.07, 6.45) is -0.630. The van der Waals surface area contributed by atoms with Crippen LogP contribution in [-0.2, 0) is 21.0 Å². The van der Waals surface area contributed by atoms with Gasteiger partial charge in [0.15, 0.2) is 0 Å². The summed E-state index contributed by atoms with van der Waals surface area (Å²) in [5.41, 5.74) is -0.252. The predicted molar refractivity (Wildman–Crippen MR) is 105 cm³/mol. The molecule has 0 spiro atoms. The van der Waals surface area contributed by atoms with Gasteiger partial charge in [-0.1, -0.05) is 18.2 Å². The molecule has 1 aliphatic heterocycles. The molecule has 5 nitrogen and oxygen atoms in total. The molecule has 2 aromatic rings. The molecule has 3 rings (SSSR count). The number of hydrogen-bond acceptors (Lipinski definition) is 4. The molecule has 1 aromatic heterocycles. The number of carbonyl (C=O) groups excluding carboxylic acids is 1. The molecule has 0 unspecified atom stereocenters. The molecule has 0 saturated carbocycles. The number of halogens is 3. The minimum absolute atomic E-state index is 0.245. The molecule has 1 fully saturated rings. The highest BCUT2D eigenvalue weighted by Crippen LogP contribution is 2.29. The van der Waals surface area contributed by atoms with Crippen LogP contribution < -0.4 is 4.72 Å². The lowest BCUT2D eigenvalue weighted by Gasteiger charge is -2.31. The number of carbonyl (C=O) groups is 1. The summed E-state index contributed by atoms with van der Waals surface area (Å²) in [6, 6.07) is 7.51. The highest BCUT2D eigenvalue weighted by Gasteiger charge is 2.30. The third-order valence-electron chi connectivity index (χ3n) is 4.54. The second-order valence-corrected chi connectivity index (χ2v) is 9.49. The summed E-state index contributed by atoms with van der Waals surface area (Å²) in [5, 5.41) is 1.69. The van der Waals surface area contributed by atoms with Crippen molar-refractivity contribution in [3.8, 4) is 0 Å². The van der Waals surface area contributed by atoms with Crippen LogP contribution in [0.1, 0.15) is 24.0 Å². The largest absolute Gasteiger partial charge is 0.416 e. The van der Waals surface area contributed by atoms with Gasteiger partial charge in [-0.05, 0) is 48.1 Å². The van der Waals surface area contributed by atoms with Crippen LogP contribution >= 0.6 is 11.3 Å². The average Bonchev–Trinajstić information content (AvgIpc) is 3.22. The van der Waals surface area contributed by atoms with Gasteiger partial charge in [-0.3, -0.25) is 4.79 Å². The van der Waals surface area contributed by atoms with E-state index in [1.165, 1.54) is 30.4 Å². The molecule has 1 aromatic carbocycles. The van der Waals surface area contributed by atoms with Crippen molar-refractivity contribution in [1.82, 2.24) is 9.62 Å². The van der Waals surface area contributed by atoms with Crippen LogP contribution in [-0.4, -0.2) is 38.4 Å². The van der Waals surface area contributed by atoms with Gasteiger partial charge >= 0.3 is 6.18 Å². The average molecular weight is 445 g/mol. The maximum absolute atomic E-state index is 12.6. The van der Waals surface area contributed by atoms with Crippen LogP contribution in [0.25, 0.3) is 6.08 Å². The summed E-state index contributed by atoms with van der Waals surface area (Å²) in [4.78, 5) is 13.9. The highest BCUT2D eigenvalue weighted by atomic mass is 32.2. The minimum atomic E-state index is -4.40. The Balaban J connectivity index is 1.51. The Morgan fingerprint density at radius 3 is 2.34 bits per heavy atom. The predicted octanol–water partition coefficient (Wildman–Crippen LogP) is 3.75. The summed E-state index contributed by atoms with van der Waals surface area (Å²) < 4.78 is 65.2. The molecule has 1 N–H and O–H groups in total. The lowest BCUT2D eigenvalue weighted by Crippen LogP contribution is -2.46. The molecular formula is C19H19F3N2O3S2. The highest BCUT2D eigenvalue weighted by molar-refractivity contribution is 7.91. The number of benzene rings is 1. The van der Waals surface area contributed by atoms with Gasteiger partial charge in [0.05, 0.1) is 5.56 Å². The van der Waals surface area contributed by atoms with Crippen LogP contribution in [0.5, 0.6) is 0 Å². The zero-order valence-electron chi connectivity index (χ0n) is 15.2. The zero-order valence-corrected chi connectivity index (χ0v) is 16.9. The van der Waals surface area contributed by atoms with E-state index in [4.69, 9.17) is 0 Å². The Bertz CT molecular complexity index is 961. The quantitative estimate of drug-likeness (QED) is 0.715. The first-order valence-corrected chi connectivity index (χ1v) is 11.2. The van der Waals surface area contributed by atoms with Crippen molar-refractivity contribution in [2.24, 2.45) is 0 Å². The van der Waals surface area contributed by atoms with E-state index in [1.807, 2.05) is 0 Å². The number of likely N-dealkylation sites (tertiary alicyclic amines) is 1. The second-order valence-electron chi connectivity index (χ2n) is 6.61. The van der Waals surface area contributed by atoms with E-state index < -0.39 is 21.8 Å². The number of amides is 1. The lowest BCUT2D eigenvalue weighted by atomic mass is 10.1. The summed E-state index contributed by atoms with van der Waals surface area (Å²) in [6.45, 7) is 0.793. The molecule has 156 valence electrons. The SMILES string of the molecule is O=C(/C=C/c1ccc(C(F)(F)F)cc1)N1CCC(NS(=O)(=O)c2cccs2)CC1. The number of nitrogens with one attached hydrogen (secondary N) is 1. The Kier molecular flexibility index (Phi) is 6.45. The van der Waals surface area contributed by atoms with Crippen molar-refractivity contribution in [1.29, 1.82) is 0 Å². The van der Waals surface area contributed by atoms with Crippen LogP contribution in [0.15, 0.2) is 52.1 Å². The molecule has 0 aliphatic carbocycles. The van der Waals surface area contributed by atoms with E-state index >= 15 is 0 Å². The Morgan fingerprint density at radius 1 is 1.14 bits per heavy atom. The molecule has 0 bridgehead atoms. The summed E-state index contributed by atoms with van der Waals surface area (Å²) in [5.74, 6) is -0.260. The Labute approximate surface area is 170 Å². The first kappa shape index (κ1) is 21.5. The Morgan fingerprint density at radius 2 is 1.79 bits per heavy atom. The third kappa shape index (κ3) is 5.68. The zero-order chi connectivity index (χ0) is 21.1. The van der Waals surface area contributed by atoms with Gasteiger partial charge in [-0.15, -0.1) is 11.3 Å². The van der Waals surface area contributed by atoms with E-state index in [9.17, 15) is 26.4 Å². The molecule has 0 radical (unpaired) electrons. The van der Waals surface area contributed by atoms with Crippen molar-refractivity contribution < 1.29 is 26.4 Å². The first-order valence-electron chi connectivity index (χ1n) is 8.85. The number of sulfonamides is 1. The molecule has 10 heteroatoms. The molecule has 0 atom stereocenters. The monoisotopic (exact) mass is 444 g/mol. The topological polar surface area (TPSA) is 66.5 Å². The van der Waals surface area contributed by atoms with Crippen LogP contribution in [0.4, 0.5) is 13.2 Å². The lowest BCUT2D eigenvalue weighted by molar-refractivity contribution is -0.137. The minimum Gasteiger partial charge on any atom is -0.339 e. The maximum Gasteiger partial charge on any atom is 0.416 e. The normalized spacial score (nSPS) is 16.4. The van der Waals surface area contributed by atoms with E-state index in [2.05, 4.69) is 4.72 Å². The molecule has 29 heavy (non-hydrogen) atoms. The molecule has 2 heterocycles. The standard InChI is InChI=1S/C19H19F3N2O3S2/c20-19(21,22)15-6-3-14(4-7-15)5-8-17(25)24-11-9-16(10-12-24)23-29(26,27)18-2-1-13-28-18/h1-8,13,16,23H,9-12H2/b8-5+. The van der Waals surface area contributed by atoms with Gasteiger partial charge < -0.3 is 4.90 Å². The number of rotatable bonds is 5. The second kappa shape index (κ2) is 8.68. The van der Waals surface area contributed by atoms with Crippen molar-refractivity contribution in [2.45, 2.75) is 29.3 Å². The van der Waals surface area contributed by atoms with Crippen LogP contribution in [0.3, 0.4) is 0 Å². The van der Waals surface area contributed by atoms with Gasteiger partial charge in [0.2, 0.25) is 15.9 Å². The van der Waals surface area contributed by atoms with Gasteiger partial charge in [-0.25, -0.2) is 13.1 Å². The van der Waals surface area contributed by atoms with Crippen LogP contribution in [0, 0.1) is 0 Å². The third-order valence-corrected chi connectivity index (χ3v) is 7.46. The number of alkyl halides is 3. The van der Waals surface area contributed by atoms with Crippen molar-refractivity contribution in [3.05, 3.63) is 59.0 Å². The number of hydrogen-bond donors (Lipinski definition) is 1. The van der Waals surface area contributed by atoms with E-state index in [-0.39, 0.29) is 16.2 Å². The maximum atomic E-state index is 12.6. The number of piperidine rings is 1. The van der Waals surface area contributed by atoms with Gasteiger partial charge in [-0.2, -0.15) is 13.2 Å². The number of nitrogens with zero attached hydrogens (tertiary/aromatic N) is 1. The molecule has 1 aliphatic rings. The molecule has 1 amide bonds. The molecule has 1 saturated heterocycles. The smallest absolute Gasteiger partial charge is 0.339 e. The van der Waals surface area contributed by atoms with Gasteiger partial charge in [0.25, 0.3) is 0 Å². The van der Waals surface area contributed by atoms with Crippen molar-refractivity contribution in [2.75, 3.05) is 13.1 Å². The fourth-order valence-corrected chi connectivity index (χ4v) is 5.28. The van der Waals surface area contributed by atoms with E-state index in [0.29, 0.717) is 31.5 Å². The molecular weight excluding hydrogens is 425 g/mol. The fraction of sp³-hybridized carbons (Fsp3) is 0.316. The van der Waals surface area contributed by atoms with E-state index in [1.54, 1.807) is 16.3 Å². The summed E-state index contributed by atoms with van der Waals surface area (Å²) in [7, 11) is -3.54.